The van der Waals surface area contributed by atoms with Crippen molar-refractivity contribution in [2.75, 3.05) is 20.2 Å². The molecule has 0 aromatic carbocycles. The summed E-state index contributed by atoms with van der Waals surface area (Å²) >= 11 is 0. The molecule has 2 aromatic heterocycles. The Hall–Kier alpha value is -1.88. The number of likely N-dealkylation sites (tertiary alicyclic amines) is 1. The Morgan fingerprint density at radius 1 is 1.38 bits per heavy atom. The molecule has 24 heavy (non-hydrogen) atoms. The molecule has 0 radical (unpaired) electrons. The summed E-state index contributed by atoms with van der Waals surface area (Å²) in [6.45, 7) is 3.68. The Balaban J connectivity index is 1.64. The van der Waals surface area contributed by atoms with Crippen LogP contribution >= 0.6 is 0 Å². The lowest BCUT2D eigenvalue weighted by Gasteiger charge is -2.43. The average molecular weight is 327 g/mol. The third-order valence-electron chi connectivity index (χ3n) is 5.98. The Kier molecular flexibility index (Phi) is 3.83. The molecule has 2 atom stereocenters. The van der Waals surface area contributed by atoms with Gasteiger partial charge in [0.2, 0.25) is 0 Å². The van der Waals surface area contributed by atoms with Gasteiger partial charge in [0, 0.05) is 31.8 Å². The Morgan fingerprint density at radius 2 is 2.21 bits per heavy atom. The minimum absolute atomic E-state index is 0.111. The molecule has 1 saturated carbocycles. The Morgan fingerprint density at radius 3 is 3.04 bits per heavy atom. The molecular formula is C19H25N3O2. The third kappa shape index (κ3) is 2.34. The lowest BCUT2D eigenvalue weighted by Crippen LogP contribution is -2.49. The summed E-state index contributed by atoms with van der Waals surface area (Å²) in [5.41, 5.74) is 2.88. The van der Waals surface area contributed by atoms with E-state index in [1.165, 1.54) is 19.3 Å². The van der Waals surface area contributed by atoms with Gasteiger partial charge < -0.3 is 9.64 Å². The molecule has 1 spiro atoms. The number of amides is 1. The number of rotatable bonds is 2. The topological polar surface area (TPSA) is 46.8 Å². The van der Waals surface area contributed by atoms with Crippen LogP contribution in [0.3, 0.4) is 0 Å². The number of methoxy groups -OCH3 is 1. The smallest absolute Gasteiger partial charge is 0.257 e. The van der Waals surface area contributed by atoms with Gasteiger partial charge in [0.05, 0.1) is 23.4 Å². The van der Waals surface area contributed by atoms with Crippen LogP contribution < -0.4 is 0 Å². The summed E-state index contributed by atoms with van der Waals surface area (Å²) in [6, 6.07) is 3.99. The van der Waals surface area contributed by atoms with E-state index < -0.39 is 0 Å². The van der Waals surface area contributed by atoms with Gasteiger partial charge in [-0.3, -0.25) is 4.79 Å². The van der Waals surface area contributed by atoms with Crippen LogP contribution in [0.4, 0.5) is 0 Å². The van der Waals surface area contributed by atoms with Gasteiger partial charge in [-0.15, -0.1) is 0 Å². The molecule has 2 aliphatic rings. The summed E-state index contributed by atoms with van der Waals surface area (Å²) < 4.78 is 7.56. The third-order valence-corrected chi connectivity index (χ3v) is 5.98. The van der Waals surface area contributed by atoms with E-state index in [1.807, 2.05) is 37.3 Å². The van der Waals surface area contributed by atoms with Crippen molar-refractivity contribution in [3.8, 4) is 0 Å². The molecule has 2 aromatic rings. The molecule has 1 aliphatic carbocycles. The molecule has 0 N–H and O–H groups in total. The van der Waals surface area contributed by atoms with Gasteiger partial charge >= 0.3 is 0 Å². The predicted molar refractivity (Wildman–Crippen MR) is 92.1 cm³/mol. The highest BCUT2D eigenvalue weighted by molar-refractivity contribution is 6.01. The number of hydrogen-bond acceptors (Lipinski definition) is 3. The first-order valence-corrected chi connectivity index (χ1v) is 8.90. The number of piperidine rings is 1. The van der Waals surface area contributed by atoms with E-state index in [9.17, 15) is 4.79 Å². The quantitative estimate of drug-likeness (QED) is 0.852. The van der Waals surface area contributed by atoms with E-state index in [0.29, 0.717) is 6.10 Å². The minimum atomic E-state index is 0.111. The molecule has 128 valence electrons. The standard InChI is InChI=1S/C19H25N3O2/c1-14-6-4-11-22-17(14)15(12-20-22)18(23)21-10-5-9-19(13-21)8-3-7-16(19)24-2/h4,6,11-12,16H,3,5,7-10,13H2,1-2H3/t16-,19+/m1/s1. The molecule has 0 bridgehead atoms. The minimum Gasteiger partial charge on any atom is -0.381 e. The largest absolute Gasteiger partial charge is 0.381 e. The second kappa shape index (κ2) is 5.88. The summed E-state index contributed by atoms with van der Waals surface area (Å²) in [6.07, 6.45) is 9.63. The number of carbonyl (C=O) groups excluding carboxylic acids is 1. The molecule has 5 heteroatoms. The number of carbonyl (C=O) groups is 1. The van der Waals surface area contributed by atoms with Crippen LogP contribution in [0.25, 0.3) is 5.52 Å². The summed E-state index contributed by atoms with van der Waals surface area (Å²) in [5.74, 6) is 0.111. The van der Waals surface area contributed by atoms with Crippen molar-refractivity contribution in [2.45, 2.75) is 45.1 Å². The maximum absolute atomic E-state index is 13.2. The van der Waals surface area contributed by atoms with Gasteiger partial charge in [-0.05, 0) is 44.2 Å². The fourth-order valence-electron chi connectivity index (χ4n) is 4.82. The zero-order chi connectivity index (χ0) is 16.7. The average Bonchev–Trinajstić information content (AvgIpc) is 3.19. The van der Waals surface area contributed by atoms with Gasteiger partial charge in [-0.2, -0.15) is 5.10 Å². The molecule has 5 nitrogen and oxygen atoms in total. The number of pyridine rings is 1. The van der Waals surface area contributed by atoms with Crippen molar-refractivity contribution in [3.05, 3.63) is 35.7 Å². The van der Waals surface area contributed by atoms with E-state index >= 15 is 0 Å². The van der Waals surface area contributed by atoms with Crippen LogP contribution in [-0.2, 0) is 4.74 Å². The van der Waals surface area contributed by atoms with Crippen LogP contribution in [0.15, 0.2) is 24.5 Å². The summed E-state index contributed by atoms with van der Waals surface area (Å²) in [7, 11) is 1.81. The second-order valence-electron chi connectivity index (χ2n) is 7.35. The predicted octanol–water partition coefficient (Wildman–Crippen LogP) is 3.06. The SMILES string of the molecule is CO[C@@H]1CCC[C@@]12CCCN(C(=O)c1cnn3cccc(C)c13)C2. The van der Waals surface area contributed by atoms with Crippen molar-refractivity contribution in [3.63, 3.8) is 0 Å². The zero-order valence-corrected chi connectivity index (χ0v) is 14.5. The van der Waals surface area contributed by atoms with Gasteiger partial charge in [-0.25, -0.2) is 4.52 Å². The lowest BCUT2D eigenvalue weighted by atomic mass is 9.76. The van der Waals surface area contributed by atoms with Crippen LogP contribution in [0, 0.1) is 12.3 Å². The van der Waals surface area contributed by atoms with E-state index in [4.69, 9.17) is 4.74 Å². The van der Waals surface area contributed by atoms with Crippen molar-refractivity contribution in [2.24, 2.45) is 5.41 Å². The highest BCUT2D eigenvalue weighted by atomic mass is 16.5. The number of nitrogens with zero attached hydrogens (tertiary/aromatic N) is 3. The number of aryl methyl sites for hydroxylation is 1. The van der Waals surface area contributed by atoms with Crippen molar-refractivity contribution >= 4 is 11.4 Å². The van der Waals surface area contributed by atoms with Gasteiger partial charge in [0.1, 0.15) is 0 Å². The molecular weight excluding hydrogens is 302 g/mol. The van der Waals surface area contributed by atoms with Crippen LogP contribution in [0.1, 0.15) is 48.0 Å². The first-order valence-electron chi connectivity index (χ1n) is 8.90. The summed E-state index contributed by atoms with van der Waals surface area (Å²) in [4.78, 5) is 15.2. The number of fused-ring (bicyclic) bond motifs is 1. The number of ether oxygens (including phenoxy) is 1. The fourth-order valence-corrected chi connectivity index (χ4v) is 4.82. The molecule has 1 amide bonds. The summed E-state index contributed by atoms with van der Waals surface area (Å²) in [5, 5.41) is 4.36. The van der Waals surface area contributed by atoms with Crippen LogP contribution in [0.5, 0.6) is 0 Å². The maximum atomic E-state index is 13.2. The zero-order valence-electron chi connectivity index (χ0n) is 14.5. The van der Waals surface area contributed by atoms with Crippen molar-refractivity contribution in [1.29, 1.82) is 0 Å². The van der Waals surface area contributed by atoms with Gasteiger partial charge in [-0.1, -0.05) is 12.5 Å². The fraction of sp³-hybridized carbons (Fsp3) is 0.579. The molecule has 4 rings (SSSR count). The molecule has 1 aliphatic heterocycles. The van der Waals surface area contributed by atoms with Crippen LogP contribution in [0.2, 0.25) is 0 Å². The van der Waals surface area contributed by atoms with Crippen LogP contribution in [-0.4, -0.2) is 46.7 Å². The first kappa shape index (κ1) is 15.6. The highest BCUT2D eigenvalue weighted by Crippen LogP contribution is 2.46. The Labute approximate surface area is 142 Å². The molecule has 2 fully saturated rings. The van der Waals surface area contributed by atoms with Gasteiger partial charge in [0.25, 0.3) is 5.91 Å². The number of aromatic nitrogens is 2. The van der Waals surface area contributed by atoms with Crippen molar-refractivity contribution < 1.29 is 9.53 Å². The maximum Gasteiger partial charge on any atom is 0.257 e. The Bertz CT molecular complexity index is 769. The van der Waals surface area contributed by atoms with E-state index in [2.05, 4.69) is 5.10 Å². The van der Waals surface area contributed by atoms with E-state index in [0.717, 1.165) is 42.6 Å². The first-order chi connectivity index (χ1) is 11.6. The monoisotopic (exact) mass is 327 g/mol. The number of hydrogen-bond donors (Lipinski definition) is 0. The van der Waals surface area contributed by atoms with Gasteiger partial charge in [0.15, 0.2) is 0 Å². The lowest BCUT2D eigenvalue weighted by molar-refractivity contribution is -0.0295. The highest BCUT2D eigenvalue weighted by Gasteiger charge is 2.46. The molecule has 3 heterocycles. The molecule has 1 saturated heterocycles. The second-order valence-corrected chi connectivity index (χ2v) is 7.35. The van der Waals surface area contributed by atoms with E-state index in [-0.39, 0.29) is 11.3 Å². The van der Waals surface area contributed by atoms with Crippen molar-refractivity contribution in [1.82, 2.24) is 14.5 Å². The van der Waals surface area contributed by atoms with E-state index in [1.54, 1.807) is 10.7 Å². The normalized spacial score (nSPS) is 27.2. The molecule has 0 unspecified atom stereocenters.